The molecule has 0 spiro atoms. The number of piperazine rings is 1. The number of nitrogens with one attached hydrogen (secondary N) is 1. The summed E-state index contributed by atoms with van der Waals surface area (Å²) in [7, 11) is 2.06. The minimum atomic E-state index is -0.0112. The Kier molecular flexibility index (Phi) is 4.70. The molecule has 1 saturated heterocycles. The first kappa shape index (κ1) is 17.7. The number of aryl methyl sites for hydroxylation is 2. The average molecular weight is 366 g/mol. The Hall–Kier alpha value is -2.67. The second-order valence-electron chi connectivity index (χ2n) is 7.28. The molecule has 0 atom stereocenters. The van der Waals surface area contributed by atoms with E-state index in [-0.39, 0.29) is 5.56 Å². The molecule has 1 N–H and O–H groups in total. The molecule has 7 nitrogen and oxygen atoms in total. The third-order valence-electron chi connectivity index (χ3n) is 5.46. The molecule has 0 amide bonds. The summed E-state index contributed by atoms with van der Waals surface area (Å²) in [5, 5.41) is 0. The summed E-state index contributed by atoms with van der Waals surface area (Å²) >= 11 is 0. The summed E-state index contributed by atoms with van der Waals surface area (Å²) in [5.41, 5.74) is 4.74. The zero-order valence-electron chi connectivity index (χ0n) is 16.2. The first-order chi connectivity index (χ1) is 13.0. The number of pyridine rings is 2. The standard InChI is InChI=1S/C20H26N6O/c1-4-16-10-17-18(23-19(16)27)9-15(12-21-17)13-25-5-7-26(8-6-25)20-22-11-14(2)24(20)3/h9-12H,4-8,13H2,1-3H3,(H,23,27). The topological polar surface area (TPSA) is 70.1 Å². The highest BCUT2D eigenvalue weighted by Crippen LogP contribution is 2.17. The molecule has 27 heavy (non-hydrogen) atoms. The number of H-pyrrole nitrogens is 1. The van der Waals surface area contributed by atoms with Crippen molar-refractivity contribution in [1.82, 2.24) is 24.4 Å². The van der Waals surface area contributed by atoms with Crippen LogP contribution in [0.1, 0.15) is 23.7 Å². The minimum absolute atomic E-state index is 0.0112. The summed E-state index contributed by atoms with van der Waals surface area (Å²) in [5.74, 6) is 1.05. The normalized spacial score (nSPS) is 15.6. The lowest BCUT2D eigenvalue weighted by Gasteiger charge is -2.35. The molecule has 3 aromatic rings. The van der Waals surface area contributed by atoms with E-state index in [0.29, 0.717) is 6.42 Å². The molecule has 4 heterocycles. The number of hydrogen-bond donors (Lipinski definition) is 1. The van der Waals surface area contributed by atoms with Gasteiger partial charge in [0.15, 0.2) is 0 Å². The van der Waals surface area contributed by atoms with Crippen LogP contribution in [0, 0.1) is 6.92 Å². The predicted octanol–water partition coefficient (Wildman–Crippen LogP) is 1.85. The molecule has 0 bridgehead atoms. The monoisotopic (exact) mass is 366 g/mol. The van der Waals surface area contributed by atoms with E-state index in [1.165, 1.54) is 5.69 Å². The van der Waals surface area contributed by atoms with E-state index in [1.807, 2.05) is 25.4 Å². The molecule has 3 aromatic heterocycles. The molecule has 4 rings (SSSR count). The summed E-state index contributed by atoms with van der Waals surface area (Å²) in [6, 6.07) is 3.95. The van der Waals surface area contributed by atoms with Gasteiger partial charge in [0.05, 0.1) is 17.2 Å². The van der Waals surface area contributed by atoms with Crippen molar-refractivity contribution in [2.75, 3.05) is 31.1 Å². The van der Waals surface area contributed by atoms with Crippen LogP contribution in [-0.2, 0) is 20.0 Å². The molecule has 7 heteroatoms. The maximum Gasteiger partial charge on any atom is 0.251 e. The number of anilines is 1. The SMILES string of the molecule is CCc1cc2ncc(CN3CCN(c4ncc(C)n4C)CC3)cc2[nH]c1=O. The lowest BCUT2D eigenvalue weighted by atomic mass is 10.1. The quantitative estimate of drug-likeness (QED) is 0.763. The van der Waals surface area contributed by atoms with Crippen LogP contribution < -0.4 is 10.5 Å². The van der Waals surface area contributed by atoms with Crippen LogP contribution in [0.2, 0.25) is 0 Å². The first-order valence-corrected chi connectivity index (χ1v) is 9.51. The van der Waals surface area contributed by atoms with Gasteiger partial charge in [0, 0.05) is 57.2 Å². The van der Waals surface area contributed by atoms with Gasteiger partial charge in [0.1, 0.15) is 0 Å². The second-order valence-corrected chi connectivity index (χ2v) is 7.28. The highest BCUT2D eigenvalue weighted by Gasteiger charge is 2.20. The van der Waals surface area contributed by atoms with Gasteiger partial charge in [-0.2, -0.15) is 0 Å². The zero-order chi connectivity index (χ0) is 19.0. The fourth-order valence-corrected chi connectivity index (χ4v) is 3.66. The summed E-state index contributed by atoms with van der Waals surface area (Å²) < 4.78 is 2.14. The molecule has 1 aliphatic heterocycles. The number of nitrogens with zero attached hydrogens (tertiary/aromatic N) is 5. The van der Waals surface area contributed by atoms with Crippen molar-refractivity contribution in [2.24, 2.45) is 7.05 Å². The molecule has 0 unspecified atom stereocenters. The van der Waals surface area contributed by atoms with E-state index in [2.05, 4.69) is 49.4 Å². The molecular weight excluding hydrogens is 340 g/mol. The molecule has 0 aliphatic carbocycles. The van der Waals surface area contributed by atoms with Crippen LogP contribution in [0.5, 0.6) is 0 Å². The van der Waals surface area contributed by atoms with E-state index < -0.39 is 0 Å². The summed E-state index contributed by atoms with van der Waals surface area (Å²) in [4.78, 5) is 28.9. The molecule has 0 saturated carbocycles. The van der Waals surface area contributed by atoms with Crippen molar-refractivity contribution in [3.8, 4) is 0 Å². The van der Waals surface area contributed by atoms with Gasteiger partial charge in [0.25, 0.3) is 5.56 Å². The van der Waals surface area contributed by atoms with E-state index >= 15 is 0 Å². The van der Waals surface area contributed by atoms with Crippen LogP contribution in [-0.4, -0.2) is 50.6 Å². The molecular formula is C20H26N6O. The molecule has 1 aliphatic rings. The van der Waals surface area contributed by atoms with Crippen molar-refractivity contribution in [1.29, 1.82) is 0 Å². The van der Waals surface area contributed by atoms with Crippen molar-refractivity contribution in [2.45, 2.75) is 26.8 Å². The Morgan fingerprint density at radius 3 is 2.56 bits per heavy atom. The van der Waals surface area contributed by atoms with Crippen LogP contribution in [0.25, 0.3) is 11.0 Å². The van der Waals surface area contributed by atoms with E-state index in [9.17, 15) is 4.79 Å². The lowest BCUT2D eigenvalue weighted by molar-refractivity contribution is 0.248. The third kappa shape index (κ3) is 3.47. The van der Waals surface area contributed by atoms with Gasteiger partial charge in [-0.05, 0) is 31.0 Å². The predicted molar refractivity (Wildman–Crippen MR) is 107 cm³/mol. The molecule has 0 radical (unpaired) electrons. The zero-order valence-corrected chi connectivity index (χ0v) is 16.2. The van der Waals surface area contributed by atoms with E-state index in [0.717, 1.165) is 60.8 Å². The number of aromatic amines is 1. The van der Waals surface area contributed by atoms with Gasteiger partial charge in [-0.25, -0.2) is 4.98 Å². The number of fused-ring (bicyclic) bond motifs is 1. The maximum absolute atomic E-state index is 12.1. The lowest BCUT2D eigenvalue weighted by Crippen LogP contribution is -2.46. The Bertz CT molecular complexity index is 1010. The van der Waals surface area contributed by atoms with Crippen molar-refractivity contribution < 1.29 is 0 Å². The smallest absolute Gasteiger partial charge is 0.251 e. The highest BCUT2D eigenvalue weighted by atomic mass is 16.1. The summed E-state index contributed by atoms with van der Waals surface area (Å²) in [6.07, 6.45) is 4.57. The Labute approximate surface area is 158 Å². The Morgan fingerprint density at radius 1 is 1.11 bits per heavy atom. The number of aromatic nitrogens is 4. The average Bonchev–Trinajstić information content (AvgIpc) is 3.01. The third-order valence-corrected chi connectivity index (χ3v) is 5.46. The Balaban J connectivity index is 1.44. The minimum Gasteiger partial charge on any atom is -0.340 e. The van der Waals surface area contributed by atoms with Crippen molar-refractivity contribution in [3.05, 3.63) is 51.7 Å². The number of hydrogen-bond acceptors (Lipinski definition) is 5. The van der Waals surface area contributed by atoms with Crippen LogP contribution in [0.15, 0.2) is 29.3 Å². The summed E-state index contributed by atoms with van der Waals surface area (Å²) in [6.45, 7) is 8.78. The second kappa shape index (κ2) is 7.15. The maximum atomic E-state index is 12.1. The molecule has 0 aromatic carbocycles. The number of imidazole rings is 1. The van der Waals surface area contributed by atoms with Gasteiger partial charge in [0.2, 0.25) is 5.95 Å². The Morgan fingerprint density at radius 2 is 1.89 bits per heavy atom. The van der Waals surface area contributed by atoms with E-state index in [1.54, 1.807) is 0 Å². The van der Waals surface area contributed by atoms with Gasteiger partial charge in [-0.3, -0.25) is 14.7 Å². The van der Waals surface area contributed by atoms with Crippen molar-refractivity contribution >= 4 is 17.0 Å². The van der Waals surface area contributed by atoms with Crippen LogP contribution in [0.3, 0.4) is 0 Å². The van der Waals surface area contributed by atoms with Crippen molar-refractivity contribution in [3.63, 3.8) is 0 Å². The fourth-order valence-electron chi connectivity index (χ4n) is 3.66. The van der Waals surface area contributed by atoms with Crippen LogP contribution >= 0.6 is 0 Å². The molecule has 1 fully saturated rings. The largest absolute Gasteiger partial charge is 0.340 e. The number of rotatable bonds is 4. The fraction of sp³-hybridized carbons (Fsp3) is 0.450. The highest BCUT2D eigenvalue weighted by molar-refractivity contribution is 5.74. The van der Waals surface area contributed by atoms with E-state index in [4.69, 9.17) is 0 Å². The first-order valence-electron chi connectivity index (χ1n) is 9.51. The van der Waals surface area contributed by atoms with Gasteiger partial charge >= 0.3 is 0 Å². The van der Waals surface area contributed by atoms with Gasteiger partial charge in [-0.1, -0.05) is 6.92 Å². The van der Waals surface area contributed by atoms with Gasteiger partial charge in [-0.15, -0.1) is 0 Å². The van der Waals surface area contributed by atoms with Crippen LogP contribution in [0.4, 0.5) is 5.95 Å². The molecule has 142 valence electrons. The van der Waals surface area contributed by atoms with Gasteiger partial charge < -0.3 is 14.5 Å².